The lowest BCUT2D eigenvalue weighted by Gasteiger charge is -2.28. The third kappa shape index (κ3) is 3.45. The Morgan fingerprint density at radius 1 is 1.11 bits per heavy atom. The molecule has 0 aromatic carbocycles. The van der Waals surface area contributed by atoms with Gasteiger partial charge in [-0.1, -0.05) is 19.3 Å². The first-order valence-electron chi connectivity index (χ1n) is 6.55. The van der Waals surface area contributed by atoms with E-state index >= 15 is 0 Å². The van der Waals surface area contributed by atoms with Crippen molar-refractivity contribution in [2.45, 2.75) is 45.1 Å². The van der Waals surface area contributed by atoms with Crippen LogP contribution < -0.4 is 10.6 Å². The number of hydrogen-bond acceptors (Lipinski definition) is 5. The maximum Gasteiger partial charge on any atom is 0.229 e. The van der Waals surface area contributed by atoms with Crippen molar-refractivity contribution >= 4 is 23.5 Å². The Kier molecular flexibility index (Phi) is 4.58. The van der Waals surface area contributed by atoms with E-state index in [2.05, 4.69) is 32.5 Å². The second-order valence-corrected chi connectivity index (χ2v) is 5.17. The van der Waals surface area contributed by atoms with Gasteiger partial charge in [0.2, 0.25) is 17.2 Å². The largest absolute Gasteiger partial charge is 0.357 e. The molecule has 1 heterocycles. The van der Waals surface area contributed by atoms with Gasteiger partial charge in [0.25, 0.3) is 0 Å². The SMILES string of the molecule is CNc1nc(Cl)nc(NC(C)C2CCCCC2)n1. The van der Waals surface area contributed by atoms with Gasteiger partial charge in [0.1, 0.15) is 0 Å². The fourth-order valence-corrected chi connectivity index (χ4v) is 2.64. The zero-order valence-electron chi connectivity index (χ0n) is 10.9. The monoisotopic (exact) mass is 269 g/mol. The van der Waals surface area contributed by atoms with E-state index < -0.39 is 0 Å². The van der Waals surface area contributed by atoms with Gasteiger partial charge in [-0.25, -0.2) is 0 Å². The predicted molar refractivity (Wildman–Crippen MR) is 74.0 cm³/mol. The summed E-state index contributed by atoms with van der Waals surface area (Å²) < 4.78 is 0. The van der Waals surface area contributed by atoms with Gasteiger partial charge in [-0.15, -0.1) is 0 Å². The highest BCUT2D eigenvalue weighted by molar-refractivity contribution is 6.28. The third-order valence-electron chi connectivity index (χ3n) is 3.55. The molecule has 0 spiro atoms. The van der Waals surface area contributed by atoms with Crippen LogP contribution in [-0.4, -0.2) is 28.0 Å². The Morgan fingerprint density at radius 3 is 2.44 bits per heavy atom. The summed E-state index contributed by atoms with van der Waals surface area (Å²) in [6.45, 7) is 2.19. The van der Waals surface area contributed by atoms with Crippen LogP contribution in [0.1, 0.15) is 39.0 Å². The molecule has 2 N–H and O–H groups in total. The van der Waals surface area contributed by atoms with Crippen molar-refractivity contribution in [3.05, 3.63) is 5.28 Å². The van der Waals surface area contributed by atoms with Crippen LogP contribution in [0, 0.1) is 5.92 Å². The predicted octanol–water partition coefficient (Wildman–Crippen LogP) is 2.95. The topological polar surface area (TPSA) is 62.7 Å². The van der Waals surface area contributed by atoms with Gasteiger partial charge in [0.05, 0.1) is 0 Å². The van der Waals surface area contributed by atoms with Crippen LogP contribution >= 0.6 is 11.6 Å². The summed E-state index contributed by atoms with van der Waals surface area (Å²) in [5.74, 6) is 1.75. The number of rotatable bonds is 4. The Balaban J connectivity index is 2.01. The number of nitrogens with one attached hydrogen (secondary N) is 2. The molecule has 6 heteroatoms. The Morgan fingerprint density at radius 2 is 1.78 bits per heavy atom. The summed E-state index contributed by atoms with van der Waals surface area (Å²) in [7, 11) is 1.76. The molecule has 1 unspecified atom stereocenters. The molecule has 0 saturated heterocycles. The van der Waals surface area contributed by atoms with Crippen molar-refractivity contribution in [3.8, 4) is 0 Å². The average molecular weight is 270 g/mol. The van der Waals surface area contributed by atoms with Crippen molar-refractivity contribution in [3.63, 3.8) is 0 Å². The first-order valence-corrected chi connectivity index (χ1v) is 6.92. The number of anilines is 2. The first kappa shape index (κ1) is 13.3. The van der Waals surface area contributed by atoms with Crippen molar-refractivity contribution in [1.29, 1.82) is 0 Å². The highest BCUT2D eigenvalue weighted by atomic mass is 35.5. The second kappa shape index (κ2) is 6.18. The minimum Gasteiger partial charge on any atom is -0.357 e. The lowest BCUT2D eigenvalue weighted by molar-refractivity contribution is 0.327. The van der Waals surface area contributed by atoms with Gasteiger partial charge in [-0.3, -0.25) is 0 Å². The molecule has 0 amide bonds. The van der Waals surface area contributed by atoms with E-state index in [1.165, 1.54) is 32.1 Å². The number of nitrogens with zero attached hydrogens (tertiary/aromatic N) is 3. The van der Waals surface area contributed by atoms with E-state index in [1.54, 1.807) is 7.05 Å². The standard InChI is InChI=1S/C12H20ClN5/c1-8(9-6-4-3-5-7-9)15-12-17-10(13)16-11(14-2)18-12/h8-9H,3-7H2,1-2H3,(H2,14,15,16,17,18). The van der Waals surface area contributed by atoms with Gasteiger partial charge >= 0.3 is 0 Å². The van der Waals surface area contributed by atoms with Crippen molar-refractivity contribution in [2.24, 2.45) is 5.92 Å². The molecule has 1 atom stereocenters. The smallest absolute Gasteiger partial charge is 0.229 e. The summed E-state index contributed by atoms with van der Waals surface area (Å²) in [6.07, 6.45) is 6.59. The normalized spacial score (nSPS) is 18.4. The van der Waals surface area contributed by atoms with E-state index in [0.717, 1.165) is 0 Å². The fourth-order valence-electron chi connectivity index (χ4n) is 2.48. The molecule has 0 aliphatic heterocycles. The van der Waals surface area contributed by atoms with Crippen LogP contribution in [0.4, 0.5) is 11.9 Å². The highest BCUT2D eigenvalue weighted by Crippen LogP contribution is 2.27. The Bertz CT molecular complexity index is 392. The van der Waals surface area contributed by atoms with Gasteiger partial charge in [-0.05, 0) is 37.3 Å². The zero-order chi connectivity index (χ0) is 13.0. The van der Waals surface area contributed by atoms with Crippen LogP contribution in [0.25, 0.3) is 0 Å². The van der Waals surface area contributed by atoms with Gasteiger partial charge in [-0.2, -0.15) is 15.0 Å². The molecule has 0 radical (unpaired) electrons. The highest BCUT2D eigenvalue weighted by Gasteiger charge is 2.20. The van der Waals surface area contributed by atoms with E-state index in [0.29, 0.717) is 23.9 Å². The maximum absolute atomic E-state index is 5.86. The van der Waals surface area contributed by atoms with Crippen LogP contribution in [-0.2, 0) is 0 Å². The van der Waals surface area contributed by atoms with E-state index in [1.807, 2.05) is 0 Å². The Hall–Kier alpha value is -1.10. The summed E-state index contributed by atoms with van der Waals surface area (Å²) in [5, 5.41) is 6.43. The molecule has 5 nitrogen and oxygen atoms in total. The molecule has 1 aliphatic rings. The lowest BCUT2D eigenvalue weighted by atomic mass is 9.85. The molecule has 1 aliphatic carbocycles. The molecule has 2 rings (SSSR count). The van der Waals surface area contributed by atoms with E-state index in [-0.39, 0.29) is 5.28 Å². The van der Waals surface area contributed by atoms with Crippen molar-refractivity contribution < 1.29 is 0 Å². The fraction of sp³-hybridized carbons (Fsp3) is 0.750. The van der Waals surface area contributed by atoms with E-state index in [9.17, 15) is 0 Å². The molecule has 1 aromatic rings. The third-order valence-corrected chi connectivity index (χ3v) is 3.71. The summed E-state index contributed by atoms with van der Waals surface area (Å²) >= 11 is 5.86. The number of hydrogen-bond donors (Lipinski definition) is 2. The first-order chi connectivity index (χ1) is 8.69. The summed E-state index contributed by atoms with van der Waals surface area (Å²) in [6, 6.07) is 0.369. The van der Waals surface area contributed by atoms with E-state index in [4.69, 9.17) is 11.6 Å². The average Bonchev–Trinajstić information content (AvgIpc) is 2.39. The van der Waals surface area contributed by atoms with Gasteiger partial charge in [0, 0.05) is 13.1 Å². The van der Waals surface area contributed by atoms with Gasteiger partial charge < -0.3 is 10.6 Å². The molecule has 1 aromatic heterocycles. The maximum atomic E-state index is 5.86. The minimum atomic E-state index is 0.215. The quantitative estimate of drug-likeness (QED) is 0.880. The molecule has 18 heavy (non-hydrogen) atoms. The zero-order valence-corrected chi connectivity index (χ0v) is 11.7. The van der Waals surface area contributed by atoms with Crippen LogP contribution in [0.15, 0.2) is 0 Å². The molecule has 0 bridgehead atoms. The van der Waals surface area contributed by atoms with Crippen LogP contribution in [0.2, 0.25) is 5.28 Å². The number of halogens is 1. The Labute approximate surface area is 113 Å². The van der Waals surface area contributed by atoms with Gasteiger partial charge in [0.15, 0.2) is 0 Å². The molecule has 100 valence electrons. The van der Waals surface area contributed by atoms with Crippen LogP contribution in [0.3, 0.4) is 0 Å². The minimum absolute atomic E-state index is 0.215. The lowest BCUT2D eigenvalue weighted by Crippen LogP contribution is -2.28. The number of aromatic nitrogens is 3. The summed E-state index contributed by atoms with van der Waals surface area (Å²) in [4.78, 5) is 12.3. The molecular formula is C12H20ClN5. The van der Waals surface area contributed by atoms with Crippen LogP contribution in [0.5, 0.6) is 0 Å². The second-order valence-electron chi connectivity index (χ2n) is 4.83. The summed E-state index contributed by atoms with van der Waals surface area (Å²) in [5.41, 5.74) is 0. The van der Waals surface area contributed by atoms with Crippen molar-refractivity contribution in [2.75, 3.05) is 17.7 Å². The molecular weight excluding hydrogens is 250 g/mol. The van der Waals surface area contributed by atoms with Crippen molar-refractivity contribution in [1.82, 2.24) is 15.0 Å². The molecule has 1 saturated carbocycles. The molecule has 1 fully saturated rings.